The van der Waals surface area contributed by atoms with E-state index in [9.17, 15) is 18.0 Å². The number of alkyl halides is 3. The summed E-state index contributed by atoms with van der Waals surface area (Å²) in [5, 5.41) is 0. The van der Waals surface area contributed by atoms with Crippen LogP contribution in [-0.2, 0) is 18.1 Å². The smallest absolute Gasteiger partial charge is 0.371 e. The molecule has 0 radical (unpaired) electrons. The molecule has 1 amide bonds. The number of nitrogens with zero attached hydrogens (tertiary/aromatic N) is 3. The molecule has 4 nitrogen and oxygen atoms in total. The number of rotatable bonds is 4. The Balaban J connectivity index is 1.81. The van der Waals surface area contributed by atoms with Gasteiger partial charge in [0.1, 0.15) is 0 Å². The number of aromatic nitrogens is 1. The predicted molar refractivity (Wildman–Crippen MR) is 126 cm³/mol. The van der Waals surface area contributed by atoms with Crippen molar-refractivity contribution in [3.63, 3.8) is 0 Å². The molecule has 0 atom stereocenters. The average Bonchev–Trinajstić information content (AvgIpc) is 3.52. The zero-order chi connectivity index (χ0) is 24.0. The van der Waals surface area contributed by atoms with E-state index >= 15 is 0 Å². The minimum atomic E-state index is -4.51. The van der Waals surface area contributed by atoms with Gasteiger partial charge in [-0.05, 0) is 68.6 Å². The molecule has 2 fully saturated rings. The van der Waals surface area contributed by atoms with Crippen LogP contribution in [0.3, 0.4) is 0 Å². The van der Waals surface area contributed by atoms with Gasteiger partial charge in [-0.2, -0.15) is 18.2 Å². The van der Waals surface area contributed by atoms with E-state index in [-0.39, 0.29) is 11.0 Å². The van der Waals surface area contributed by atoms with Crippen molar-refractivity contribution in [2.45, 2.75) is 77.9 Å². The molecule has 0 unspecified atom stereocenters. The van der Waals surface area contributed by atoms with Crippen LogP contribution in [0.15, 0.2) is 23.2 Å². The predicted octanol–water partition coefficient (Wildman–Crippen LogP) is 6.32. The zero-order valence-electron chi connectivity index (χ0n) is 19.8. The van der Waals surface area contributed by atoms with Crippen molar-refractivity contribution in [2.24, 2.45) is 10.9 Å². The third kappa shape index (κ3) is 5.36. The number of benzene rings is 1. The highest BCUT2D eigenvalue weighted by molar-refractivity contribution is 7.09. The fraction of sp³-hybridized carbons (Fsp3) is 0.600. The Bertz CT molecular complexity index is 1100. The molecule has 2 aliphatic rings. The van der Waals surface area contributed by atoms with Crippen molar-refractivity contribution in [3.8, 4) is 0 Å². The van der Waals surface area contributed by atoms with Gasteiger partial charge >= 0.3 is 6.18 Å². The van der Waals surface area contributed by atoms with E-state index in [4.69, 9.17) is 0 Å². The van der Waals surface area contributed by atoms with Crippen LogP contribution in [0.25, 0.3) is 0 Å². The first-order chi connectivity index (χ1) is 15.4. The van der Waals surface area contributed by atoms with Gasteiger partial charge in [0.15, 0.2) is 4.80 Å². The van der Waals surface area contributed by atoms with E-state index in [2.05, 4.69) is 30.3 Å². The van der Waals surface area contributed by atoms with Crippen LogP contribution < -0.4 is 9.70 Å². The molecular formula is C25H32F3N3OS. The summed E-state index contributed by atoms with van der Waals surface area (Å²) in [6, 6.07) is 3.49. The standard InChI is InChI=1S/C25H32F3N3OS/c1-16-21(24(2,3)4)33-23(31(16)15-17-8-9-17)29-22(32)19-14-18(25(26,27)28)10-11-20(19)30-12-6-5-7-13-30/h10-11,14,17H,5-9,12-13,15H2,1-4H3. The summed E-state index contributed by atoms with van der Waals surface area (Å²) < 4.78 is 42.5. The molecule has 2 aromatic rings. The second-order valence-corrected chi connectivity index (χ2v) is 11.3. The summed E-state index contributed by atoms with van der Waals surface area (Å²) in [6.45, 7) is 10.7. The van der Waals surface area contributed by atoms with Crippen molar-refractivity contribution >= 4 is 22.9 Å². The Morgan fingerprint density at radius 1 is 1.12 bits per heavy atom. The Kier molecular flexibility index (Phi) is 6.51. The first kappa shape index (κ1) is 24.0. The van der Waals surface area contributed by atoms with Gasteiger partial charge in [-0.15, -0.1) is 11.3 Å². The van der Waals surface area contributed by atoms with Crippen molar-refractivity contribution < 1.29 is 18.0 Å². The maximum Gasteiger partial charge on any atom is 0.416 e. The quantitative estimate of drug-likeness (QED) is 0.515. The molecular weight excluding hydrogens is 447 g/mol. The van der Waals surface area contributed by atoms with E-state index in [0.29, 0.717) is 16.4 Å². The molecule has 33 heavy (non-hydrogen) atoms. The van der Waals surface area contributed by atoms with Gasteiger partial charge in [-0.25, -0.2) is 0 Å². The van der Waals surface area contributed by atoms with Gasteiger partial charge in [0.05, 0.1) is 11.1 Å². The first-order valence-electron chi connectivity index (χ1n) is 11.7. The summed E-state index contributed by atoms with van der Waals surface area (Å²) in [6.07, 6.45) is 0.829. The van der Waals surface area contributed by atoms with Crippen LogP contribution >= 0.6 is 11.3 Å². The van der Waals surface area contributed by atoms with Crippen LogP contribution in [0.1, 0.15) is 79.4 Å². The molecule has 180 valence electrons. The molecule has 1 aliphatic heterocycles. The van der Waals surface area contributed by atoms with Gasteiger partial charge in [-0.1, -0.05) is 20.8 Å². The monoisotopic (exact) mass is 479 g/mol. The van der Waals surface area contributed by atoms with E-state index in [1.54, 1.807) is 0 Å². The number of halogens is 3. The van der Waals surface area contributed by atoms with Crippen molar-refractivity contribution in [3.05, 3.63) is 44.7 Å². The minimum absolute atomic E-state index is 0.0352. The van der Waals surface area contributed by atoms with E-state index in [1.807, 2.05) is 11.8 Å². The Morgan fingerprint density at radius 3 is 2.36 bits per heavy atom. The van der Waals surface area contributed by atoms with Crippen LogP contribution in [-0.4, -0.2) is 23.6 Å². The zero-order valence-corrected chi connectivity index (χ0v) is 20.6. The lowest BCUT2D eigenvalue weighted by atomic mass is 9.93. The van der Waals surface area contributed by atoms with Gasteiger partial charge < -0.3 is 9.47 Å². The molecule has 4 rings (SSSR count). The highest BCUT2D eigenvalue weighted by Gasteiger charge is 2.33. The Hall–Kier alpha value is -2.09. The fourth-order valence-electron chi connectivity index (χ4n) is 4.48. The number of piperidine rings is 1. The summed E-state index contributed by atoms with van der Waals surface area (Å²) in [5.74, 6) is -0.0226. The molecule has 1 saturated carbocycles. The molecule has 0 spiro atoms. The normalized spacial score (nSPS) is 18.2. The van der Waals surface area contributed by atoms with Gasteiger partial charge in [-0.3, -0.25) is 4.79 Å². The molecule has 1 saturated heterocycles. The maximum absolute atomic E-state index is 13.5. The number of hydrogen-bond acceptors (Lipinski definition) is 3. The second-order valence-electron chi connectivity index (χ2n) is 10.3. The fourth-order valence-corrected chi connectivity index (χ4v) is 5.68. The van der Waals surface area contributed by atoms with Crippen LogP contribution in [0.4, 0.5) is 18.9 Å². The summed E-state index contributed by atoms with van der Waals surface area (Å²) >= 11 is 1.48. The number of hydrogen-bond donors (Lipinski definition) is 0. The number of thiazole rings is 1. The number of carbonyl (C=O) groups excluding carboxylic acids is 1. The SMILES string of the molecule is Cc1c(C(C)(C)C)sc(=NC(=O)c2cc(C(F)(F)F)ccc2N2CCCCC2)n1CC1CC1. The van der Waals surface area contributed by atoms with E-state index < -0.39 is 17.6 Å². The number of carbonyl (C=O) groups is 1. The number of amides is 1. The van der Waals surface area contributed by atoms with Crippen molar-refractivity contribution in [2.75, 3.05) is 18.0 Å². The van der Waals surface area contributed by atoms with Crippen molar-refractivity contribution in [1.29, 1.82) is 0 Å². The Morgan fingerprint density at radius 2 is 1.79 bits per heavy atom. The minimum Gasteiger partial charge on any atom is -0.371 e. The third-order valence-corrected chi connectivity index (χ3v) is 8.03. The summed E-state index contributed by atoms with van der Waals surface area (Å²) in [7, 11) is 0. The van der Waals surface area contributed by atoms with Crippen LogP contribution in [0.2, 0.25) is 0 Å². The van der Waals surface area contributed by atoms with Gasteiger partial charge in [0, 0.05) is 35.9 Å². The molecule has 1 aromatic carbocycles. The Labute approximate surface area is 197 Å². The highest BCUT2D eigenvalue weighted by atomic mass is 32.1. The highest BCUT2D eigenvalue weighted by Crippen LogP contribution is 2.35. The molecule has 8 heteroatoms. The molecule has 0 N–H and O–H groups in total. The van der Waals surface area contributed by atoms with Gasteiger partial charge in [0.25, 0.3) is 5.91 Å². The average molecular weight is 480 g/mol. The maximum atomic E-state index is 13.5. The largest absolute Gasteiger partial charge is 0.416 e. The second kappa shape index (κ2) is 8.93. The molecule has 1 aliphatic carbocycles. The third-order valence-electron chi connectivity index (χ3n) is 6.42. The molecule has 1 aromatic heterocycles. The topological polar surface area (TPSA) is 37.6 Å². The lowest BCUT2D eigenvalue weighted by molar-refractivity contribution is -0.137. The van der Waals surface area contributed by atoms with E-state index in [0.717, 1.165) is 74.4 Å². The summed E-state index contributed by atoms with van der Waals surface area (Å²) in [4.78, 5) is 21.6. The lowest BCUT2D eigenvalue weighted by Gasteiger charge is -2.30. The van der Waals surface area contributed by atoms with E-state index in [1.165, 1.54) is 17.4 Å². The van der Waals surface area contributed by atoms with Gasteiger partial charge in [0.2, 0.25) is 0 Å². The van der Waals surface area contributed by atoms with Crippen LogP contribution in [0, 0.1) is 12.8 Å². The molecule has 0 bridgehead atoms. The molecule has 2 heterocycles. The lowest BCUT2D eigenvalue weighted by Crippen LogP contribution is -2.31. The first-order valence-corrected chi connectivity index (χ1v) is 12.5. The van der Waals surface area contributed by atoms with Crippen molar-refractivity contribution in [1.82, 2.24) is 4.57 Å². The number of anilines is 1. The summed E-state index contributed by atoms with van der Waals surface area (Å²) in [5.41, 5.74) is 0.755. The van der Waals surface area contributed by atoms with Crippen LogP contribution in [0.5, 0.6) is 0 Å².